The van der Waals surface area contributed by atoms with Gasteiger partial charge in [0.2, 0.25) is 0 Å². The van der Waals surface area contributed by atoms with Crippen molar-refractivity contribution in [2.75, 3.05) is 11.8 Å². The van der Waals surface area contributed by atoms with Gasteiger partial charge in [-0.15, -0.1) is 0 Å². The topological polar surface area (TPSA) is 73.2 Å². The molecule has 0 radical (unpaired) electrons. The molecule has 24 heavy (non-hydrogen) atoms. The number of nitrogens with zero attached hydrogens (tertiary/aromatic N) is 2. The first-order chi connectivity index (χ1) is 11.5. The van der Waals surface area contributed by atoms with E-state index in [-0.39, 0.29) is 22.0 Å². The summed E-state index contributed by atoms with van der Waals surface area (Å²) in [4.78, 5) is 3.83. The third kappa shape index (κ3) is 3.09. The maximum Gasteiger partial charge on any atom is 0.265 e. The fraction of sp³-hybridized carbons (Fsp3) is 0.0625. The van der Waals surface area contributed by atoms with E-state index in [4.69, 9.17) is 4.74 Å². The normalized spacial score (nSPS) is 11.2. The summed E-state index contributed by atoms with van der Waals surface area (Å²) in [5.41, 5.74) is 0.384. The summed E-state index contributed by atoms with van der Waals surface area (Å²) in [7, 11) is -2.52. The van der Waals surface area contributed by atoms with Crippen LogP contribution in [-0.2, 0) is 10.0 Å². The van der Waals surface area contributed by atoms with Gasteiger partial charge in [-0.2, -0.15) is 0 Å². The number of aromatic nitrogens is 2. The lowest BCUT2D eigenvalue weighted by molar-refractivity contribution is 0.403. The highest BCUT2D eigenvalue weighted by Gasteiger charge is 2.19. The van der Waals surface area contributed by atoms with E-state index in [1.807, 2.05) is 0 Å². The average molecular weight is 347 g/mol. The Labute approximate surface area is 138 Å². The highest BCUT2D eigenvalue weighted by atomic mass is 32.2. The van der Waals surface area contributed by atoms with Crippen LogP contribution in [0.25, 0.3) is 5.69 Å². The molecule has 0 bridgehead atoms. The van der Waals surface area contributed by atoms with E-state index in [2.05, 4.69) is 9.71 Å². The van der Waals surface area contributed by atoms with Gasteiger partial charge in [-0.3, -0.25) is 4.72 Å². The molecule has 0 atom stereocenters. The molecule has 3 aromatic rings. The van der Waals surface area contributed by atoms with Crippen molar-refractivity contribution in [2.24, 2.45) is 0 Å². The predicted molar refractivity (Wildman–Crippen MR) is 87.3 cm³/mol. The Morgan fingerprint density at radius 2 is 2.00 bits per heavy atom. The number of halogens is 1. The summed E-state index contributed by atoms with van der Waals surface area (Å²) < 4.78 is 48.1. The standard InChI is InChI=1S/C16H14FN3O3S/c1-23-15-4-2-3-5-16(15)24(21,22)19-12-6-7-14(13(17)10-12)20-9-8-18-11-20/h2-11,19H,1H3. The lowest BCUT2D eigenvalue weighted by Crippen LogP contribution is -2.14. The summed E-state index contributed by atoms with van der Waals surface area (Å²) in [6.07, 6.45) is 4.58. The van der Waals surface area contributed by atoms with Crippen molar-refractivity contribution in [1.29, 1.82) is 0 Å². The molecule has 1 N–H and O–H groups in total. The van der Waals surface area contributed by atoms with Gasteiger partial charge in [-0.1, -0.05) is 12.1 Å². The summed E-state index contributed by atoms with van der Waals surface area (Å²) in [6, 6.07) is 10.3. The number of sulfonamides is 1. The third-order valence-corrected chi connectivity index (χ3v) is 4.76. The lowest BCUT2D eigenvalue weighted by atomic mass is 10.2. The summed E-state index contributed by atoms with van der Waals surface area (Å²) >= 11 is 0. The lowest BCUT2D eigenvalue weighted by Gasteiger charge is -2.12. The van der Waals surface area contributed by atoms with Crippen LogP contribution in [0.15, 0.2) is 66.1 Å². The molecule has 3 rings (SSSR count). The molecular weight excluding hydrogens is 333 g/mol. The van der Waals surface area contributed by atoms with E-state index in [0.717, 1.165) is 6.07 Å². The summed E-state index contributed by atoms with van der Waals surface area (Å²) in [6.45, 7) is 0. The molecule has 0 saturated heterocycles. The molecule has 1 aromatic heterocycles. The van der Waals surface area contributed by atoms with Crippen LogP contribution < -0.4 is 9.46 Å². The SMILES string of the molecule is COc1ccccc1S(=O)(=O)Nc1ccc(-n2ccnc2)c(F)c1. The van der Waals surface area contributed by atoms with E-state index < -0.39 is 15.8 Å². The molecule has 0 unspecified atom stereocenters. The van der Waals surface area contributed by atoms with E-state index >= 15 is 0 Å². The van der Waals surface area contributed by atoms with Gasteiger partial charge in [-0.05, 0) is 24.3 Å². The summed E-state index contributed by atoms with van der Waals surface area (Å²) in [5, 5.41) is 0. The van der Waals surface area contributed by atoms with Gasteiger partial charge in [0.05, 0.1) is 24.8 Å². The zero-order chi connectivity index (χ0) is 17.2. The van der Waals surface area contributed by atoms with Crippen LogP contribution in [0, 0.1) is 5.82 Å². The highest BCUT2D eigenvalue weighted by Crippen LogP contribution is 2.26. The van der Waals surface area contributed by atoms with Crippen molar-refractivity contribution < 1.29 is 17.5 Å². The third-order valence-electron chi connectivity index (χ3n) is 3.34. The van der Waals surface area contributed by atoms with Crippen LogP contribution >= 0.6 is 0 Å². The Balaban J connectivity index is 1.92. The largest absolute Gasteiger partial charge is 0.495 e. The molecule has 0 aliphatic rings. The van der Waals surface area contributed by atoms with Crippen molar-refractivity contribution in [3.05, 3.63) is 67.0 Å². The van der Waals surface area contributed by atoms with Gasteiger partial charge in [0.15, 0.2) is 0 Å². The molecule has 0 aliphatic heterocycles. The number of benzene rings is 2. The monoisotopic (exact) mass is 347 g/mol. The van der Waals surface area contributed by atoms with Crippen molar-refractivity contribution in [3.63, 3.8) is 0 Å². The molecule has 0 spiro atoms. The van der Waals surface area contributed by atoms with Crippen LogP contribution in [0.2, 0.25) is 0 Å². The van der Waals surface area contributed by atoms with Crippen LogP contribution in [-0.4, -0.2) is 25.1 Å². The quantitative estimate of drug-likeness (QED) is 0.770. The van der Waals surface area contributed by atoms with Gasteiger partial charge in [0.1, 0.15) is 16.5 Å². The number of hydrogen-bond donors (Lipinski definition) is 1. The number of imidazole rings is 1. The fourth-order valence-corrected chi connectivity index (χ4v) is 3.45. The number of rotatable bonds is 5. The molecule has 0 saturated carbocycles. The van der Waals surface area contributed by atoms with Gasteiger partial charge < -0.3 is 9.30 Å². The first-order valence-electron chi connectivity index (χ1n) is 6.95. The fourth-order valence-electron chi connectivity index (χ4n) is 2.23. The first kappa shape index (κ1) is 16.0. The van der Waals surface area contributed by atoms with Gasteiger partial charge >= 0.3 is 0 Å². The van der Waals surface area contributed by atoms with Gasteiger partial charge in [0.25, 0.3) is 10.0 Å². The van der Waals surface area contributed by atoms with Crippen molar-refractivity contribution in [1.82, 2.24) is 9.55 Å². The van der Waals surface area contributed by atoms with Crippen LogP contribution in [0.1, 0.15) is 0 Å². The first-order valence-corrected chi connectivity index (χ1v) is 8.43. The Bertz CT molecular complexity index is 956. The van der Waals surface area contributed by atoms with E-state index in [0.29, 0.717) is 0 Å². The molecular formula is C16H14FN3O3S. The zero-order valence-electron chi connectivity index (χ0n) is 12.7. The predicted octanol–water partition coefficient (Wildman–Crippen LogP) is 2.82. The molecule has 0 fully saturated rings. The van der Waals surface area contributed by atoms with E-state index in [9.17, 15) is 12.8 Å². The minimum absolute atomic E-state index is 0.0217. The molecule has 0 aliphatic carbocycles. The van der Waals surface area contributed by atoms with Crippen LogP contribution in [0.3, 0.4) is 0 Å². The van der Waals surface area contributed by atoms with Gasteiger partial charge in [0, 0.05) is 18.5 Å². The number of hydrogen-bond acceptors (Lipinski definition) is 4. The molecule has 0 amide bonds. The number of methoxy groups -OCH3 is 1. The Morgan fingerprint density at radius 1 is 1.21 bits per heavy atom. The Morgan fingerprint density at radius 3 is 2.67 bits per heavy atom. The van der Waals surface area contributed by atoms with E-state index in [1.54, 1.807) is 18.3 Å². The van der Waals surface area contributed by atoms with E-state index in [1.165, 1.54) is 48.5 Å². The minimum Gasteiger partial charge on any atom is -0.495 e. The molecule has 6 nitrogen and oxygen atoms in total. The van der Waals surface area contributed by atoms with Gasteiger partial charge in [-0.25, -0.2) is 17.8 Å². The number of para-hydroxylation sites is 1. The van der Waals surface area contributed by atoms with Crippen LogP contribution in [0.5, 0.6) is 5.75 Å². The smallest absolute Gasteiger partial charge is 0.265 e. The summed E-state index contributed by atoms with van der Waals surface area (Å²) in [5.74, 6) is -0.367. The number of ether oxygens (including phenoxy) is 1. The molecule has 8 heteroatoms. The number of anilines is 1. The average Bonchev–Trinajstić information content (AvgIpc) is 3.08. The number of nitrogens with one attached hydrogen (secondary N) is 1. The second kappa shape index (κ2) is 6.32. The second-order valence-electron chi connectivity index (χ2n) is 4.89. The van der Waals surface area contributed by atoms with Crippen molar-refractivity contribution in [3.8, 4) is 11.4 Å². The Hall–Kier alpha value is -2.87. The maximum absolute atomic E-state index is 14.2. The van der Waals surface area contributed by atoms with Crippen molar-refractivity contribution in [2.45, 2.75) is 4.90 Å². The zero-order valence-corrected chi connectivity index (χ0v) is 13.5. The minimum atomic E-state index is -3.90. The Kier molecular flexibility index (Phi) is 4.22. The molecule has 2 aromatic carbocycles. The maximum atomic E-state index is 14.2. The molecule has 124 valence electrons. The molecule has 1 heterocycles. The highest BCUT2D eigenvalue weighted by molar-refractivity contribution is 7.92. The van der Waals surface area contributed by atoms with Crippen LogP contribution in [0.4, 0.5) is 10.1 Å². The second-order valence-corrected chi connectivity index (χ2v) is 6.54. The van der Waals surface area contributed by atoms with Crippen molar-refractivity contribution >= 4 is 15.7 Å².